The molecule has 73 valence electrons. The Hall–Kier alpha value is -0.593. The summed E-state index contributed by atoms with van der Waals surface area (Å²) in [5.74, 6) is -0.285. The minimum Gasteiger partial charge on any atom is -0.383 e. The Labute approximate surface area is 104 Å². The first-order valence-electron chi connectivity index (χ1n) is 4.24. The van der Waals surface area contributed by atoms with Crippen LogP contribution >= 0.6 is 11.3 Å². The number of halogens is 1. The molecule has 0 aliphatic heterocycles. The normalized spacial score (nSPS) is 11.9. The molecule has 1 radical (unpaired) electrons. The third-order valence-electron chi connectivity index (χ3n) is 2.00. The summed E-state index contributed by atoms with van der Waals surface area (Å²) in [4.78, 5) is 0.872. The van der Waals surface area contributed by atoms with E-state index >= 15 is 0 Å². The molecule has 1 N–H and O–H groups in total. The van der Waals surface area contributed by atoms with Crippen LogP contribution in [-0.4, -0.2) is 24.0 Å². The van der Waals surface area contributed by atoms with Gasteiger partial charge in [-0.3, -0.25) is 0 Å². The summed E-state index contributed by atoms with van der Waals surface area (Å²) in [5.41, 5.74) is 0.717. The molecule has 1 heterocycles. The van der Waals surface area contributed by atoms with Crippen molar-refractivity contribution >= 4 is 30.2 Å². The SMILES string of the molecule is OC(c1ccc(F)cc1)c1cccs1.[Li]. The molecule has 0 fully saturated rings. The molecule has 0 saturated carbocycles. The molecule has 0 bridgehead atoms. The van der Waals surface area contributed by atoms with Crippen molar-refractivity contribution in [3.05, 3.63) is 58.0 Å². The molecule has 0 aliphatic rings. The summed E-state index contributed by atoms with van der Waals surface area (Å²) < 4.78 is 12.6. The average molecular weight is 215 g/mol. The van der Waals surface area contributed by atoms with Crippen LogP contribution in [0.4, 0.5) is 4.39 Å². The van der Waals surface area contributed by atoms with Gasteiger partial charge in [0, 0.05) is 23.7 Å². The minimum absolute atomic E-state index is 0. The van der Waals surface area contributed by atoms with Crippen LogP contribution in [0.2, 0.25) is 0 Å². The number of aliphatic hydroxyl groups excluding tert-OH is 1. The van der Waals surface area contributed by atoms with E-state index in [9.17, 15) is 9.50 Å². The van der Waals surface area contributed by atoms with Gasteiger partial charge in [-0.2, -0.15) is 0 Å². The Balaban J connectivity index is 0.00000112. The van der Waals surface area contributed by atoms with Crippen molar-refractivity contribution in [1.29, 1.82) is 0 Å². The molecule has 2 rings (SSSR count). The standard InChI is InChI=1S/C11H9FOS.Li/c12-9-5-3-8(4-6-9)11(13)10-2-1-7-14-10;/h1-7,11,13H;. The first-order chi connectivity index (χ1) is 6.77. The summed E-state index contributed by atoms with van der Waals surface area (Å²) in [6.45, 7) is 0. The van der Waals surface area contributed by atoms with E-state index in [4.69, 9.17) is 0 Å². The smallest absolute Gasteiger partial charge is 0.123 e. The number of hydrogen-bond donors (Lipinski definition) is 1. The van der Waals surface area contributed by atoms with Gasteiger partial charge < -0.3 is 5.11 Å². The molecule has 15 heavy (non-hydrogen) atoms. The summed E-state index contributed by atoms with van der Waals surface area (Å²) in [5, 5.41) is 11.8. The third kappa shape index (κ3) is 2.93. The average Bonchev–Trinajstić information content (AvgIpc) is 2.71. The van der Waals surface area contributed by atoms with Crippen LogP contribution in [0.25, 0.3) is 0 Å². The fraction of sp³-hybridized carbons (Fsp3) is 0.0909. The van der Waals surface area contributed by atoms with Crippen molar-refractivity contribution in [1.82, 2.24) is 0 Å². The fourth-order valence-corrected chi connectivity index (χ4v) is 1.99. The molecule has 0 amide bonds. The predicted molar refractivity (Wildman–Crippen MR) is 60.5 cm³/mol. The predicted octanol–water partition coefficient (Wildman–Crippen LogP) is 2.59. The first kappa shape index (κ1) is 12.5. The zero-order valence-corrected chi connectivity index (χ0v) is 9.17. The van der Waals surface area contributed by atoms with Crippen molar-refractivity contribution in [2.75, 3.05) is 0 Å². The summed E-state index contributed by atoms with van der Waals surface area (Å²) in [6.07, 6.45) is -0.643. The second-order valence-corrected chi connectivity index (χ2v) is 3.95. The van der Waals surface area contributed by atoms with Gasteiger partial charge in [-0.05, 0) is 29.1 Å². The molecule has 1 atom stereocenters. The Morgan fingerprint density at radius 3 is 2.33 bits per heavy atom. The monoisotopic (exact) mass is 215 g/mol. The van der Waals surface area contributed by atoms with Gasteiger partial charge in [0.1, 0.15) is 11.9 Å². The molecular formula is C11H9FLiOS. The first-order valence-corrected chi connectivity index (χ1v) is 5.12. The van der Waals surface area contributed by atoms with Crippen LogP contribution < -0.4 is 0 Å². The second kappa shape index (κ2) is 5.48. The number of benzene rings is 1. The molecule has 1 aromatic carbocycles. The fourth-order valence-electron chi connectivity index (χ4n) is 1.26. The third-order valence-corrected chi connectivity index (χ3v) is 2.92. The van der Waals surface area contributed by atoms with Crippen molar-refractivity contribution in [3.8, 4) is 0 Å². The van der Waals surface area contributed by atoms with Gasteiger partial charge in [0.25, 0.3) is 0 Å². The Morgan fingerprint density at radius 2 is 1.80 bits per heavy atom. The van der Waals surface area contributed by atoms with E-state index < -0.39 is 6.10 Å². The molecule has 1 aromatic heterocycles. The van der Waals surface area contributed by atoms with E-state index in [0.717, 1.165) is 4.88 Å². The molecule has 2 aromatic rings. The largest absolute Gasteiger partial charge is 0.383 e. The van der Waals surface area contributed by atoms with E-state index in [0.29, 0.717) is 5.56 Å². The van der Waals surface area contributed by atoms with Gasteiger partial charge in [0.15, 0.2) is 0 Å². The number of thiophene rings is 1. The van der Waals surface area contributed by atoms with Crippen LogP contribution in [0.5, 0.6) is 0 Å². The number of rotatable bonds is 2. The molecule has 1 nitrogen and oxygen atoms in total. The van der Waals surface area contributed by atoms with E-state index in [1.807, 2.05) is 17.5 Å². The molecule has 1 unspecified atom stereocenters. The van der Waals surface area contributed by atoms with Crippen LogP contribution in [0.1, 0.15) is 16.5 Å². The molecule has 0 saturated heterocycles. The molecule has 4 heteroatoms. The van der Waals surface area contributed by atoms with Crippen LogP contribution in [0, 0.1) is 5.82 Å². The maximum absolute atomic E-state index is 12.6. The Bertz CT molecular complexity index is 399. The Morgan fingerprint density at radius 1 is 1.13 bits per heavy atom. The van der Waals surface area contributed by atoms with Crippen molar-refractivity contribution in [2.24, 2.45) is 0 Å². The quantitative estimate of drug-likeness (QED) is 0.763. The molecule has 0 spiro atoms. The van der Waals surface area contributed by atoms with Gasteiger partial charge in [0.2, 0.25) is 0 Å². The van der Waals surface area contributed by atoms with Crippen molar-refractivity contribution in [2.45, 2.75) is 6.10 Å². The maximum atomic E-state index is 12.6. The van der Waals surface area contributed by atoms with Gasteiger partial charge in [-0.15, -0.1) is 11.3 Å². The molecular weight excluding hydrogens is 206 g/mol. The van der Waals surface area contributed by atoms with Gasteiger partial charge >= 0.3 is 0 Å². The van der Waals surface area contributed by atoms with Gasteiger partial charge in [-0.25, -0.2) is 4.39 Å². The van der Waals surface area contributed by atoms with E-state index in [2.05, 4.69) is 0 Å². The Kier molecular flexibility index (Phi) is 4.56. The second-order valence-electron chi connectivity index (χ2n) is 2.97. The molecule has 0 aliphatic carbocycles. The zero-order chi connectivity index (χ0) is 9.97. The minimum atomic E-state index is -0.643. The van der Waals surface area contributed by atoms with Crippen LogP contribution in [0.15, 0.2) is 41.8 Å². The number of aliphatic hydroxyl groups is 1. The summed E-state index contributed by atoms with van der Waals surface area (Å²) >= 11 is 1.49. The zero-order valence-electron chi connectivity index (χ0n) is 8.35. The van der Waals surface area contributed by atoms with E-state index in [-0.39, 0.29) is 24.7 Å². The van der Waals surface area contributed by atoms with E-state index in [1.54, 1.807) is 12.1 Å². The van der Waals surface area contributed by atoms with Crippen molar-refractivity contribution in [3.63, 3.8) is 0 Å². The van der Waals surface area contributed by atoms with Crippen LogP contribution in [-0.2, 0) is 0 Å². The van der Waals surface area contributed by atoms with Crippen molar-refractivity contribution < 1.29 is 9.50 Å². The maximum Gasteiger partial charge on any atom is 0.123 e. The van der Waals surface area contributed by atoms with Gasteiger partial charge in [0.05, 0.1) is 0 Å². The summed E-state index contributed by atoms with van der Waals surface area (Å²) in [7, 11) is 0. The van der Waals surface area contributed by atoms with Gasteiger partial charge in [-0.1, -0.05) is 18.2 Å². The topological polar surface area (TPSA) is 20.2 Å². The van der Waals surface area contributed by atoms with Crippen LogP contribution in [0.3, 0.4) is 0 Å². The van der Waals surface area contributed by atoms with E-state index in [1.165, 1.54) is 23.5 Å². The summed E-state index contributed by atoms with van der Waals surface area (Å²) in [6, 6.07) is 9.64. The number of hydrogen-bond acceptors (Lipinski definition) is 2.